The molecule has 0 aliphatic carbocycles. The van der Waals surface area contributed by atoms with Crippen molar-refractivity contribution in [3.05, 3.63) is 474 Å². The van der Waals surface area contributed by atoms with E-state index in [0.717, 1.165) is 109 Å². The van der Waals surface area contributed by atoms with Crippen LogP contribution in [0.2, 0.25) is 0 Å². The van der Waals surface area contributed by atoms with Gasteiger partial charge in [0.1, 0.15) is 23.0 Å². The smallest absolute Gasteiger partial charge is 0.171 e. The third-order valence-corrected chi connectivity index (χ3v) is 32.3. The number of benzene rings is 18. The monoisotopic (exact) mass is 1650 g/mol. The lowest BCUT2D eigenvalue weighted by Gasteiger charge is -2.45. The lowest BCUT2D eigenvalue weighted by molar-refractivity contribution is 0.434. The molecule has 26 rings (SSSR count). The molecule has 121 heavy (non-hydrogen) atoms. The Kier molecular flexibility index (Phi) is 16.0. The number of nitrogens with zero attached hydrogens (tertiary/aromatic N) is 3. The van der Waals surface area contributed by atoms with Gasteiger partial charge in [0.25, 0.3) is 0 Å². The molecule has 572 valence electrons. The third kappa shape index (κ3) is 10.2. The normalized spacial score (nSPS) is 15.1. The molecule has 2 atom stereocenters. The average molecular weight is 1650 g/mol. The Bertz CT molecular complexity index is 8030. The molecule has 8 heterocycles. The van der Waals surface area contributed by atoms with Gasteiger partial charge in [0, 0.05) is 125 Å². The van der Waals surface area contributed by atoms with E-state index in [0.29, 0.717) is 0 Å². The Morgan fingerprint density at radius 3 is 1.07 bits per heavy atom. The summed E-state index contributed by atoms with van der Waals surface area (Å²) in [6.07, 6.45) is 0. The highest BCUT2D eigenvalue weighted by Gasteiger charge is 2.53. The summed E-state index contributed by atoms with van der Waals surface area (Å²) in [5.41, 5.74) is 21.1. The first-order valence-corrected chi connectivity index (χ1v) is 45.1. The highest BCUT2D eigenvalue weighted by atomic mass is 79.9. The minimum Gasteiger partial charge on any atom is -0.457 e. The number of hydrogen-bond donors (Lipinski definition) is 1. The van der Waals surface area contributed by atoms with Crippen LogP contribution in [0.15, 0.2) is 429 Å². The molecule has 4 aliphatic rings. The Labute approximate surface area is 705 Å². The van der Waals surface area contributed by atoms with Crippen LogP contribution in [0, 0.1) is 0 Å². The van der Waals surface area contributed by atoms with Gasteiger partial charge >= 0.3 is 0 Å². The number of nitrogens with one attached hydrogen (secondary N) is 1. The highest BCUT2D eigenvalue weighted by Crippen LogP contribution is 2.64. The molecule has 8 nitrogen and oxygen atoms in total. The van der Waals surface area contributed by atoms with Crippen LogP contribution >= 0.6 is 30.2 Å². The molecule has 2 unspecified atom stereocenters. The Morgan fingerprint density at radius 2 is 0.587 bits per heavy atom. The molecule has 2 spiro atoms. The van der Waals surface area contributed by atoms with Crippen molar-refractivity contribution in [3.63, 3.8) is 0 Å². The first kappa shape index (κ1) is 70.9. The topological polar surface area (TPSA) is 83.2 Å². The SMILES string of the molecule is O=P(c1ccccc1)(c1ccccc1)c1ccc(-n2c3ccccc3c3cc4c(cc32)Oc2ccccc2C42c3ccccc3-n3c4ccccc4c4cccc2c43)cc1.O=P(c1ccccc1)(c1ccccc1)c1ccc(Br)cc1.c1ccc2c(c1)Oc1cc3[nH]c4ccccc4c3cc1C21c2ccccc2-n2c3ccccc3c3cccc1c32. The summed E-state index contributed by atoms with van der Waals surface area (Å²) >= 11 is 3.43. The van der Waals surface area contributed by atoms with E-state index in [9.17, 15) is 4.57 Å². The second kappa shape index (κ2) is 27.4. The maximum Gasteiger partial charge on any atom is 0.171 e. The first-order valence-electron chi connectivity index (χ1n) is 40.9. The van der Waals surface area contributed by atoms with Gasteiger partial charge in [-0.05, 0) is 131 Å². The lowest BCUT2D eigenvalue weighted by Crippen LogP contribution is -2.37. The van der Waals surface area contributed by atoms with Gasteiger partial charge in [0.05, 0.1) is 60.8 Å². The number of rotatable bonds is 7. The molecular formula is C110H71BrN4O4P2. The predicted molar refractivity (Wildman–Crippen MR) is 502 cm³/mol. The van der Waals surface area contributed by atoms with Crippen LogP contribution in [-0.4, -0.2) is 18.7 Å². The first-order chi connectivity index (χ1) is 59.7. The van der Waals surface area contributed by atoms with E-state index in [1.165, 1.54) is 99.1 Å². The molecule has 1 N–H and O–H groups in total. The molecule has 18 aromatic carbocycles. The molecule has 0 radical (unpaired) electrons. The molecule has 0 amide bonds. The number of aromatic amines is 1. The van der Waals surface area contributed by atoms with Crippen molar-refractivity contribution in [3.8, 4) is 40.1 Å². The zero-order chi connectivity index (χ0) is 80.3. The van der Waals surface area contributed by atoms with Gasteiger partial charge in [-0.15, -0.1) is 0 Å². The average Bonchev–Trinajstić information content (AvgIpc) is 1.61. The molecule has 0 saturated carbocycles. The zero-order valence-electron chi connectivity index (χ0n) is 65.2. The standard InChI is InChI=1S/C55H35N2O2P.C37H22N2O.C18H14BrOP/c58-60(37-16-3-1-4-17-37,38-18-5-2-6-19-38)39-32-30-36(31-33-39)56-48-26-11-8-21-41(48)43-34-47-53(35-51(43)56)59-52-29-14-10-24-45(52)55(47)44-23-9-13-28-50(44)57-49-27-12-7-20-40(49)42-22-15-25-46(55)54(42)57;1-5-16-30-22(10-1)25-20-29-35(21-31(25)38-30)40-34-19-8-4-14-27(34)37(29)26-13-3-7-18-33(26)39-32-17-6-2-11-23(32)24-12-9-15-28(37)36(24)39;19-15-11-13-18(14-12-15)21(20,16-7-3-1-4-8-16)17-9-5-2-6-10-17/h1-35H;1-21,38H;1-14H. The fourth-order valence-corrected chi connectivity index (χ4v) is 26.2. The minimum atomic E-state index is -3.14. The molecular weight excluding hydrogens is 1580 g/mol. The second-order valence-electron chi connectivity index (χ2n) is 31.7. The summed E-state index contributed by atoms with van der Waals surface area (Å²) in [7, 11) is -5.96. The van der Waals surface area contributed by atoms with Crippen LogP contribution in [-0.2, 0) is 20.0 Å². The van der Waals surface area contributed by atoms with Crippen LogP contribution < -0.4 is 41.3 Å². The van der Waals surface area contributed by atoms with E-state index in [-0.39, 0.29) is 0 Å². The third-order valence-electron chi connectivity index (χ3n) is 25.6. The van der Waals surface area contributed by atoms with E-state index in [1.807, 2.05) is 146 Å². The van der Waals surface area contributed by atoms with Crippen LogP contribution in [0.25, 0.3) is 104 Å². The van der Waals surface area contributed by atoms with Crippen LogP contribution in [0.3, 0.4) is 0 Å². The van der Waals surface area contributed by atoms with Crippen molar-refractivity contribution in [2.45, 2.75) is 10.8 Å². The highest BCUT2D eigenvalue weighted by molar-refractivity contribution is 9.10. The van der Waals surface area contributed by atoms with Crippen molar-refractivity contribution in [2.24, 2.45) is 0 Å². The van der Waals surface area contributed by atoms with Gasteiger partial charge in [-0.2, -0.15) is 0 Å². The van der Waals surface area contributed by atoms with E-state index in [2.05, 4.69) is 314 Å². The molecule has 0 fully saturated rings. The number of halogens is 1. The molecule has 11 heteroatoms. The summed E-state index contributed by atoms with van der Waals surface area (Å²) < 4.78 is 51.3. The summed E-state index contributed by atoms with van der Waals surface area (Å²) in [4.78, 5) is 3.63. The van der Waals surface area contributed by atoms with Gasteiger partial charge in [-0.1, -0.05) is 319 Å². The lowest BCUT2D eigenvalue weighted by atomic mass is 9.61. The maximum absolute atomic E-state index is 15.3. The van der Waals surface area contributed by atoms with E-state index >= 15 is 4.57 Å². The van der Waals surface area contributed by atoms with E-state index in [4.69, 9.17) is 9.47 Å². The minimum absolute atomic E-state index is 0.544. The quantitative estimate of drug-likeness (QED) is 0.161. The summed E-state index contributed by atoms with van der Waals surface area (Å²) in [5.74, 6) is 3.48. The fourth-order valence-electron chi connectivity index (χ4n) is 20.6. The zero-order valence-corrected chi connectivity index (χ0v) is 68.5. The maximum atomic E-state index is 15.3. The largest absolute Gasteiger partial charge is 0.457 e. The number of hydrogen-bond acceptors (Lipinski definition) is 4. The van der Waals surface area contributed by atoms with Gasteiger partial charge < -0.3 is 37.3 Å². The van der Waals surface area contributed by atoms with Crippen molar-refractivity contribution in [2.75, 3.05) is 0 Å². The molecule has 0 bridgehead atoms. The van der Waals surface area contributed by atoms with Gasteiger partial charge in [-0.3, -0.25) is 0 Å². The number of fused-ring (bicyclic) bond motifs is 28. The summed E-state index contributed by atoms with van der Waals surface area (Å²) in [6, 6.07) is 148. The van der Waals surface area contributed by atoms with Crippen LogP contribution in [0.4, 0.5) is 0 Å². The molecule has 0 saturated heterocycles. The Balaban J connectivity index is 0.000000116. The second-order valence-corrected chi connectivity index (χ2v) is 38.1. The van der Waals surface area contributed by atoms with Gasteiger partial charge in [0.15, 0.2) is 14.3 Å². The number of ether oxygens (including phenoxy) is 2. The number of aromatic nitrogens is 4. The van der Waals surface area contributed by atoms with Crippen LogP contribution in [0.1, 0.15) is 44.5 Å². The van der Waals surface area contributed by atoms with Crippen molar-refractivity contribution in [1.29, 1.82) is 0 Å². The number of para-hydroxylation sites is 10. The molecule has 4 aromatic heterocycles. The predicted octanol–water partition coefficient (Wildman–Crippen LogP) is 25.6. The summed E-state index contributed by atoms with van der Waals surface area (Å²) in [6.45, 7) is 0. The van der Waals surface area contributed by atoms with Crippen molar-refractivity contribution < 1.29 is 18.6 Å². The van der Waals surface area contributed by atoms with Crippen LogP contribution in [0.5, 0.6) is 23.0 Å². The Morgan fingerprint density at radius 1 is 0.240 bits per heavy atom. The summed E-state index contributed by atoms with van der Waals surface area (Å²) in [5, 5.41) is 14.8. The fraction of sp³-hybridized carbons (Fsp3) is 0.0182. The van der Waals surface area contributed by atoms with Gasteiger partial charge in [-0.25, -0.2) is 0 Å². The Hall–Kier alpha value is -14.3. The van der Waals surface area contributed by atoms with E-state index < -0.39 is 25.1 Å². The van der Waals surface area contributed by atoms with Crippen molar-refractivity contribution in [1.82, 2.24) is 18.7 Å². The van der Waals surface area contributed by atoms with E-state index in [1.54, 1.807) is 0 Å². The molecule has 4 aliphatic heterocycles. The molecule has 22 aromatic rings. The van der Waals surface area contributed by atoms with Crippen molar-refractivity contribution >= 4 is 149 Å². The number of H-pyrrole nitrogens is 1. The van der Waals surface area contributed by atoms with Gasteiger partial charge in [0.2, 0.25) is 0 Å².